The SMILES string of the molecule is CC1CC(O)(c2cccc(Br)c2)CO1. The van der Waals surface area contributed by atoms with E-state index in [1.807, 2.05) is 31.2 Å². The van der Waals surface area contributed by atoms with E-state index in [2.05, 4.69) is 15.9 Å². The second-order valence-corrected chi connectivity index (χ2v) is 4.78. The standard InChI is InChI=1S/C11H13BrO2/c1-8-6-11(13,7-14-8)9-3-2-4-10(12)5-9/h2-5,8,13H,6-7H2,1H3. The summed E-state index contributed by atoms with van der Waals surface area (Å²) in [7, 11) is 0. The van der Waals surface area contributed by atoms with Crippen LogP contribution in [0.3, 0.4) is 0 Å². The van der Waals surface area contributed by atoms with Gasteiger partial charge in [-0.15, -0.1) is 0 Å². The van der Waals surface area contributed by atoms with Gasteiger partial charge in [-0.3, -0.25) is 0 Å². The summed E-state index contributed by atoms with van der Waals surface area (Å²) in [6.45, 7) is 2.38. The molecule has 1 aliphatic heterocycles. The molecule has 1 aliphatic rings. The first-order chi connectivity index (χ1) is 6.60. The zero-order valence-electron chi connectivity index (χ0n) is 8.03. The van der Waals surface area contributed by atoms with Crippen LogP contribution < -0.4 is 0 Å². The van der Waals surface area contributed by atoms with Crippen LogP contribution in [0.15, 0.2) is 28.7 Å². The lowest BCUT2D eigenvalue weighted by Gasteiger charge is -2.21. The van der Waals surface area contributed by atoms with Gasteiger partial charge in [-0.25, -0.2) is 0 Å². The Labute approximate surface area is 92.0 Å². The maximum Gasteiger partial charge on any atom is 0.115 e. The molecule has 2 rings (SSSR count). The summed E-state index contributed by atoms with van der Waals surface area (Å²) in [5.74, 6) is 0. The molecule has 1 fully saturated rings. The minimum Gasteiger partial charge on any atom is -0.383 e. The average Bonchev–Trinajstić information content (AvgIpc) is 2.48. The zero-order valence-corrected chi connectivity index (χ0v) is 9.62. The molecular weight excluding hydrogens is 244 g/mol. The van der Waals surface area contributed by atoms with Gasteiger partial charge in [0.25, 0.3) is 0 Å². The molecule has 1 aromatic carbocycles. The summed E-state index contributed by atoms with van der Waals surface area (Å²) in [4.78, 5) is 0. The van der Waals surface area contributed by atoms with Gasteiger partial charge in [0.15, 0.2) is 0 Å². The normalized spacial score (nSPS) is 32.1. The molecule has 14 heavy (non-hydrogen) atoms. The summed E-state index contributed by atoms with van der Waals surface area (Å²) in [6, 6.07) is 7.76. The number of aliphatic hydroxyl groups is 1. The van der Waals surface area contributed by atoms with Crippen LogP contribution in [0.25, 0.3) is 0 Å². The largest absolute Gasteiger partial charge is 0.383 e. The van der Waals surface area contributed by atoms with Crippen molar-refractivity contribution in [2.24, 2.45) is 0 Å². The molecule has 1 saturated heterocycles. The summed E-state index contributed by atoms with van der Waals surface area (Å²) >= 11 is 3.40. The minimum atomic E-state index is -0.802. The Morgan fingerprint density at radius 2 is 2.36 bits per heavy atom. The molecule has 0 saturated carbocycles. The Balaban J connectivity index is 2.30. The van der Waals surface area contributed by atoms with Crippen molar-refractivity contribution in [3.05, 3.63) is 34.3 Å². The van der Waals surface area contributed by atoms with Gasteiger partial charge in [-0.05, 0) is 24.6 Å². The highest BCUT2D eigenvalue weighted by atomic mass is 79.9. The minimum absolute atomic E-state index is 0.138. The van der Waals surface area contributed by atoms with Crippen molar-refractivity contribution < 1.29 is 9.84 Å². The molecule has 0 spiro atoms. The van der Waals surface area contributed by atoms with E-state index in [4.69, 9.17) is 4.74 Å². The molecule has 1 heterocycles. The van der Waals surface area contributed by atoms with Gasteiger partial charge >= 0.3 is 0 Å². The Bertz CT molecular complexity index is 340. The van der Waals surface area contributed by atoms with Crippen LogP contribution >= 0.6 is 15.9 Å². The molecule has 0 amide bonds. The van der Waals surface area contributed by atoms with Gasteiger partial charge < -0.3 is 9.84 Å². The molecule has 0 bridgehead atoms. The van der Waals surface area contributed by atoms with Crippen LogP contribution in [0.2, 0.25) is 0 Å². The fourth-order valence-electron chi connectivity index (χ4n) is 1.85. The van der Waals surface area contributed by atoms with Gasteiger partial charge in [-0.1, -0.05) is 28.1 Å². The molecule has 2 unspecified atom stereocenters. The summed E-state index contributed by atoms with van der Waals surface area (Å²) in [5.41, 5.74) is 0.125. The van der Waals surface area contributed by atoms with Crippen LogP contribution in [0, 0.1) is 0 Å². The van der Waals surface area contributed by atoms with E-state index in [1.165, 1.54) is 0 Å². The van der Waals surface area contributed by atoms with E-state index in [0.29, 0.717) is 13.0 Å². The van der Waals surface area contributed by atoms with E-state index >= 15 is 0 Å². The third kappa shape index (κ3) is 1.85. The van der Waals surface area contributed by atoms with Crippen molar-refractivity contribution in [3.63, 3.8) is 0 Å². The highest BCUT2D eigenvalue weighted by molar-refractivity contribution is 9.10. The maximum absolute atomic E-state index is 10.3. The fraction of sp³-hybridized carbons (Fsp3) is 0.455. The van der Waals surface area contributed by atoms with Crippen molar-refractivity contribution in [3.8, 4) is 0 Å². The maximum atomic E-state index is 10.3. The van der Waals surface area contributed by atoms with Gasteiger partial charge in [0, 0.05) is 10.9 Å². The van der Waals surface area contributed by atoms with Crippen molar-refractivity contribution in [1.82, 2.24) is 0 Å². The number of benzene rings is 1. The molecule has 1 N–H and O–H groups in total. The van der Waals surface area contributed by atoms with Gasteiger partial charge in [-0.2, -0.15) is 0 Å². The third-order valence-electron chi connectivity index (χ3n) is 2.59. The van der Waals surface area contributed by atoms with Crippen LogP contribution in [-0.2, 0) is 10.3 Å². The lowest BCUT2D eigenvalue weighted by atomic mass is 9.92. The lowest BCUT2D eigenvalue weighted by Crippen LogP contribution is -2.25. The number of hydrogen-bond donors (Lipinski definition) is 1. The van der Waals surface area contributed by atoms with Crippen molar-refractivity contribution >= 4 is 15.9 Å². The summed E-state index contributed by atoms with van der Waals surface area (Å²) < 4.78 is 6.39. The van der Waals surface area contributed by atoms with Crippen molar-refractivity contribution in [2.75, 3.05) is 6.61 Å². The van der Waals surface area contributed by atoms with Gasteiger partial charge in [0.05, 0.1) is 12.7 Å². The van der Waals surface area contributed by atoms with Crippen molar-refractivity contribution in [2.45, 2.75) is 25.0 Å². The zero-order chi connectivity index (χ0) is 10.2. The quantitative estimate of drug-likeness (QED) is 0.837. The predicted molar refractivity (Wildman–Crippen MR) is 58.1 cm³/mol. The Morgan fingerprint density at radius 1 is 1.57 bits per heavy atom. The Morgan fingerprint density at radius 3 is 2.93 bits per heavy atom. The van der Waals surface area contributed by atoms with Gasteiger partial charge in [0.1, 0.15) is 5.60 Å². The lowest BCUT2D eigenvalue weighted by molar-refractivity contribution is 0.0193. The van der Waals surface area contributed by atoms with Crippen LogP contribution in [-0.4, -0.2) is 17.8 Å². The highest BCUT2D eigenvalue weighted by Crippen LogP contribution is 2.34. The van der Waals surface area contributed by atoms with Crippen molar-refractivity contribution in [1.29, 1.82) is 0 Å². The predicted octanol–water partition coefficient (Wildman–Crippen LogP) is 2.45. The molecular formula is C11H13BrO2. The van der Waals surface area contributed by atoms with Gasteiger partial charge in [0.2, 0.25) is 0 Å². The number of hydrogen-bond acceptors (Lipinski definition) is 2. The molecule has 0 aromatic heterocycles. The Kier molecular flexibility index (Phi) is 2.64. The molecule has 2 nitrogen and oxygen atoms in total. The molecule has 1 aromatic rings. The molecule has 76 valence electrons. The third-order valence-corrected chi connectivity index (χ3v) is 3.09. The number of halogens is 1. The molecule has 0 aliphatic carbocycles. The van der Waals surface area contributed by atoms with Crippen LogP contribution in [0.5, 0.6) is 0 Å². The molecule has 2 atom stereocenters. The van der Waals surface area contributed by atoms with E-state index in [-0.39, 0.29) is 6.10 Å². The second kappa shape index (κ2) is 3.65. The van der Waals surface area contributed by atoms with E-state index in [9.17, 15) is 5.11 Å². The highest BCUT2D eigenvalue weighted by Gasteiger charge is 2.37. The average molecular weight is 257 g/mol. The first-order valence-corrected chi connectivity index (χ1v) is 5.49. The van der Waals surface area contributed by atoms with Crippen LogP contribution in [0.4, 0.5) is 0 Å². The first kappa shape index (κ1) is 10.1. The van der Waals surface area contributed by atoms with E-state index in [0.717, 1.165) is 10.0 Å². The molecule has 3 heteroatoms. The molecule has 0 radical (unpaired) electrons. The number of ether oxygens (including phenoxy) is 1. The monoisotopic (exact) mass is 256 g/mol. The second-order valence-electron chi connectivity index (χ2n) is 3.87. The van der Waals surface area contributed by atoms with E-state index in [1.54, 1.807) is 0 Å². The first-order valence-electron chi connectivity index (χ1n) is 4.70. The summed E-state index contributed by atoms with van der Waals surface area (Å²) in [6.07, 6.45) is 0.808. The van der Waals surface area contributed by atoms with E-state index < -0.39 is 5.60 Å². The number of rotatable bonds is 1. The van der Waals surface area contributed by atoms with Crippen LogP contribution in [0.1, 0.15) is 18.9 Å². The smallest absolute Gasteiger partial charge is 0.115 e. The fourth-order valence-corrected chi connectivity index (χ4v) is 2.25. The summed E-state index contributed by atoms with van der Waals surface area (Å²) in [5, 5.41) is 10.3. The Hall–Kier alpha value is -0.380. The topological polar surface area (TPSA) is 29.5 Å².